The maximum Gasteiger partial charge on any atom is 0.230 e. The molecule has 3 aliphatic heterocycles. The number of fused-ring (bicyclic) bond motifs is 1. The lowest BCUT2D eigenvalue weighted by atomic mass is 9.76. The molecule has 2 fully saturated rings. The van der Waals surface area contributed by atoms with Gasteiger partial charge in [0.05, 0.1) is 31.0 Å². The van der Waals surface area contributed by atoms with Crippen molar-refractivity contribution < 1.29 is 14.3 Å². The molecule has 30 heavy (non-hydrogen) atoms. The quantitative estimate of drug-likeness (QED) is 0.698. The number of carbonyl (C=O) groups is 2. The fraction of sp³-hybridized carbons (Fsp3) is 0.417. The van der Waals surface area contributed by atoms with Gasteiger partial charge in [0, 0.05) is 10.9 Å². The van der Waals surface area contributed by atoms with Crippen LogP contribution < -0.4 is 5.32 Å². The molecule has 5 atom stereocenters. The monoisotopic (exact) mass is 422 g/mol. The molecule has 1 aromatic heterocycles. The highest BCUT2D eigenvalue weighted by Gasteiger charge is 2.66. The van der Waals surface area contributed by atoms with E-state index in [1.807, 2.05) is 59.7 Å². The maximum atomic E-state index is 13.2. The molecular weight excluding hydrogens is 396 g/mol. The highest BCUT2D eigenvalue weighted by Crippen LogP contribution is 2.52. The topological polar surface area (TPSA) is 58.6 Å². The summed E-state index contributed by atoms with van der Waals surface area (Å²) in [6.45, 7) is 3.13. The third-order valence-electron chi connectivity index (χ3n) is 6.51. The number of nitrogens with one attached hydrogen (secondary N) is 1. The van der Waals surface area contributed by atoms with Crippen LogP contribution in [0.5, 0.6) is 0 Å². The summed E-state index contributed by atoms with van der Waals surface area (Å²) in [7, 11) is 0. The minimum absolute atomic E-state index is 0.0346. The smallest absolute Gasteiger partial charge is 0.230 e. The van der Waals surface area contributed by atoms with E-state index < -0.39 is 17.4 Å². The van der Waals surface area contributed by atoms with E-state index in [9.17, 15) is 9.59 Å². The molecule has 3 aliphatic rings. The lowest BCUT2D eigenvalue weighted by Gasteiger charge is -2.25. The highest BCUT2D eigenvalue weighted by molar-refractivity contribution is 7.09. The van der Waals surface area contributed by atoms with E-state index in [0.717, 1.165) is 17.7 Å². The average Bonchev–Trinajstić information content (AvgIpc) is 3.51. The Labute approximate surface area is 180 Å². The first-order valence-corrected chi connectivity index (χ1v) is 11.5. The Kier molecular flexibility index (Phi) is 4.99. The summed E-state index contributed by atoms with van der Waals surface area (Å²) in [4.78, 5) is 29.4. The van der Waals surface area contributed by atoms with E-state index in [1.165, 1.54) is 5.56 Å². The standard InChI is InChI=1S/C24H26N2O3S/c1-16(9-10-17-6-3-2-4-7-17)25-22(27)20-19-11-12-24(29-19)15-26(23(28)21(20)24)14-18-8-5-13-30-18/h2-8,11-13,16,19-21H,9-10,14-15H2,1H3,(H,25,27)/t16-,19+,20-,21+,24-/m0/s1. The second kappa shape index (κ2) is 7.67. The second-order valence-corrected chi connectivity index (χ2v) is 9.64. The summed E-state index contributed by atoms with van der Waals surface area (Å²) in [5, 5.41) is 5.16. The lowest BCUT2D eigenvalue weighted by molar-refractivity contribution is -0.138. The molecule has 5 rings (SSSR count). The van der Waals surface area contributed by atoms with Crippen LogP contribution in [0.3, 0.4) is 0 Å². The van der Waals surface area contributed by atoms with E-state index in [0.29, 0.717) is 13.1 Å². The van der Waals surface area contributed by atoms with Crippen LogP contribution in [0, 0.1) is 11.8 Å². The fourth-order valence-electron chi connectivity index (χ4n) is 5.04. The van der Waals surface area contributed by atoms with Crippen LogP contribution in [0.1, 0.15) is 23.8 Å². The van der Waals surface area contributed by atoms with E-state index >= 15 is 0 Å². The molecule has 0 aliphatic carbocycles. The molecule has 0 unspecified atom stereocenters. The van der Waals surface area contributed by atoms with Gasteiger partial charge >= 0.3 is 0 Å². The van der Waals surface area contributed by atoms with E-state index in [1.54, 1.807) is 11.3 Å². The zero-order chi connectivity index (χ0) is 20.7. The number of ether oxygens (including phenoxy) is 1. The van der Waals surface area contributed by atoms with Crippen LogP contribution in [0.25, 0.3) is 0 Å². The number of likely N-dealkylation sites (tertiary alicyclic amines) is 1. The molecule has 0 saturated carbocycles. The summed E-state index contributed by atoms with van der Waals surface area (Å²) < 4.78 is 6.22. The van der Waals surface area contributed by atoms with Crippen molar-refractivity contribution in [2.75, 3.05) is 6.54 Å². The van der Waals surface area contributed by atoms with Gasteiger partial charge in [-0.25, -0.2) is 0 Å². The summed E-state index contributed by atoms with van der Waals surface area (Å²) in [6, 6.07) is 14.3. The predicted octanol–water partition coefficient (Wildman–Crippen LogP) is 3.17. The Bertz CT molecular complexity index is 958. The van der Waals surface area contributed by atoms with Crippen molar-refractivity contribution in [3.8, 4) is 0 Å². The minimum atomic E-state index is -0.645. The molecule has 2 amide bonds. The number of thiophene rings is 1. The van der Waals surface area contributed by atoms with Crippen molar-refractivity contribution >= 4 is 23.2 Å². The third-order valence-corrected chi connectivity index (χ3v) is 7.37. The van der Waals surface area contributed by atoms with Crippen LogP contribution in [-0.2, 0) is 27.3 Å². The SMILES string of the molecule is C[C@@H](CCc1ccccc1)NC(=O)[C@H]1[C@H]2C=C[C@@]3(CN(Cc4cccs4)C(=O)[C@@H]13)O2. The number of aryl methyl sites for hydroxylation is 1. The lowest BCUT2D eigenvalue weighted by Crippen LogP contribution is -2.46. The zero-order valence-corrected chi connectivity index (χ0v) is 17.8. The normalized spacial score (nSPS) is 30.0. The van der Waals surface area contributed by atoms with Crippen LogP contribution >= 0.6 is 11.3 Å². The van der Waals surface area contributed by atoms with Gasteiger partial charge in [0.1, 0.15) is 5.60 Å². The summed E-state index contributed by atoms with van der Waals surface area (Å²) in [5.74, 6) is -0.903. The van der Waals surface area contributed by atoms with E-state index in [2.05, 4.69) is 17.4 Å². The molecule has 156 valence electrons. The number of benzene rings is 1. The Morgan fingerprint density at radius 2 is 2.13 bits per heavy atom. The van der Waals surface area contributed by atoms with Crippen molar-refractivity contribution in [2.45, 2.75) is 44.1 Å². The Hall–Kier alpha value is -2.44. The van der Waals surface area contributed by atoms with Crippen molar-refractivity contribution in [3.63, 3.8) is 0 Å². The van der Waals surface area contributed by atoms with Crippen LogP contribution in [-0.4, -0.2) is 41.0 Å². The number of carbonyl (C=O) groups excluding carboxylic acids is 2. The van der Waals surface area contributed by atoms with Gasteiger partial charge in [0.2, 0.25) is 11.8 Å². The molecule has 1 spiro atoms. The van der Waals surface area contributed by atoms with Gasteiger partial charge in [-0.2, -0.15) is 0 Å². The molecule has 4 heterocycles. The summed E-state index contributed by atoms with van der Waals surface area (Å²) in [5.41, 5.74) is 0.618. The van der Waals surface area contributed by atoms with Gasteiger partial charge in [-0.1, -0.05) is 48.6 Å². The van der Waals surface area contributed by atoms with Crippen molar-refractivity contribution in [2.24, 2.45) is 11.8 Å². The molecule has 2 aromatic rings. The Morgan fingerprint density at radius 1 is 1.30 bits per heavy atom. The van der Waals surface area contributed by atoms with Crippen molar-refractivity contribution in [3.05, 3.63) is 70.4 Å². The number of rotatable bonds is 7. The molecule has 1 N–H and O–H groups in total. The fourth-order valence-corrected chi connectivity index (χ4v) is 5.76. The second-order valence-electron chi connectivity index (χ2n) is 8.61. The van der Waals surface area contributed by atoms with Gasteiger partial charge in [-0.05, 0) is 36.8 Å². The van der Waals surface area contributed by atoms with Gasteiger partial charge in [-0.15, -0.1) is 11.3 Å². The highest BCUT2D eigenvalue weighted by atomic mass is 32.1. The minimum Gasteiger partial charge on any atom is -0.360 e. The van der Waals surface area contributed by atoms with Crippen LogP contribution in [0.15, 0.2) is 60.0 Å². The zero-order valence-electron chi connectivity index (χ0n) is 17.0. The summed E-state index contributed by atoms with van der Waals surface area (Å²) in [6.07, 6.45) is 5.45. The van der Waals surface area contributed by atoms with Crippen molar-refractivity contribution in [1.82, 2.24) is 10.2 Å². The Morgan fingerprint density at radius 3 is 2.90 bits per heavy atom. The Balaban J connectivity index is 1.25. The number of nitrogens with zero attached hydrogens (tertiary/aromatic N) is 1. The molecular formula is C24H26N2O3S. The van der Waals surface area contributed by atoms with Crippen LogP contribution in [0.4, 0.5) is 0 Å². The van der Waals surface area contributed by atoms with Gasteiger partial charge in [0.15, 0.2) is 0 Å². The van der Waals surface area contributed by atoms with Gasteiger partial charge in [-0.3, -0.25) is 9.59 Å². The number of amides is 2. The maximum absolute atomic E-state index is 13.2. The largest absolute Gasteiger partial charge is 0.360 e. The molecule has 6 heteroatoms. The van der Waals surface area contributed by atoms with E-state index in [-0.39, 0.29) is 24.0 Å². The van der Waals surface area contributed by atoms with Crippen molar-refractivity contribution in [1.29, 1.82) is 0 Å². The van der Waals surface area contributed by atoms with E-state index in [4.69, 9.17) is 4.74 Å². The number of hydrogen-bond donors (Lipinski definition) is 1. The van der Waals surface area contributed by atoms with Crippen LogP contribution in [0.2, 0.25) is 0 Å². The first kappa shape index (κ1) is 19.5. The van der Waals surface area contributed by atoms with Gasteiger partial charge < -0.3 is 15.0 Å². The first-order valence-electron chi connectivity index (χ1n) is 10.6. The molecule has 2 bridgehead atoms. The molecule has 0 radical (unpaired) electrons. The van der Waals surface area contributed by atoms with Gasteiger partial charge in [0.25, 0.3) is 0 Å². The molecule has 1 aromatic carbocycles. The molecule has 2 saturated heterocycles. The predicted molar refractivity (Wildman–Crippen MR) is 116 cm³/mol. The summed E-state index contributed by atoms with van der Waals surface area (Å²) >= 11 is 1.64. The number of hydrogen-bond acceptors (Lipinski definition) is 4. The average molecular weight is 423 g/mol. The first-order chi connectivity index (χ1) is 14.6. The molecule has 5 nitrogen and oxygen atoms in total. The third kappa shape index (κ3) is 3.38.